The normalized spacial score (nSPS) is 19.0. The first-order chi connectivity index (χ1) is 9.17. The molecule has 1 N–H and O–H groups in total. The number of aliphatic hydroxyl groups is 1. The molecule has 0 aliphatic carbocycles. The molecule has 1 aromatic rings. The quantitative estimate of drug-likeness (QED) is 0.878. The van der Waals surface area contributed by atoms with Crippen molar-refractivity contribution in [2.75, 3.05) is 32.7 Å². The van der Waals surface area contributed by atoms with Crippen LogP contribution in [0.4, 0.5) is 0 Å². The predicted octanol–water partition coefficient (Wildman–Crippen LogP) is 1.06. The summed E-state index contributed by atoms with van der Waals surface area (Å²) in [6.45, 7) is 7.64. The predicted molar refractivity (Wildman–Crippen MR) is 74.6 cm³/mol. The maximum Gasteiger partial charge on any atom is 0.0991 e. The Bertz CT molecular complexity index is 428. The van der Waals surface area contributed by atoms with Gasteiger partial charge in [0.05, 0.1) is 17.7 Å². The maximum absolute atomic E-state index is 9.37. The van der Waals surface area contributed by atoms with Crippen LogP contribution >= 0.6 is 0 Å². The number of piperazine rings is 1. The minimum atomic E-state index is -0.245. The van der Waals surface area contributed by atoms with Gasteiger partial charge in [0.25, 0.3) is 0 Å². The lowest BCUT2D eigenvalue weighted by molar-refractivity contribution is 0.0781. The standard InChI is InChI=1S/C15H21N3O/c1-13(19)11-17-6-8-18(9-7-17)12-15-4-2-14(10-16)3-5-15/h2-5,13,19H,6-9,11-12H2,1H3/t13-/m0/s1. The summed E-state index contributed by atoms with van der Waals surface area (Å²) in [7, 11) is 0. The molecule has 0 saturated carbocycles. The van der Waals surface area contributed by atoms with Gasteiger partial charge in [-0.05, 0) is 24.6 Å². The van der Waals surface area contributed by atoms with E-state index in [0.29, 0.717) is 5.56 Å². The van der Waals surface area contributed by atoms with Crippen LogP contribution < -0.4 is 0 Å². The van der Waals surface area contributed by atoms with E-state index in [1.807, 2.05) is 31.2 Å². The van der Waals surface area contributed by atoms with Crippen molar-refractivity contribution in [3.05, 3.63) is 35.4 Å². The monoisotopic (exact) mass is 259 g/mol. The highest BCUT2D eigenvalue weighted by Crippen LogP contribution is 2.10. The number of rotatable bonds is 4. The highest BCUT2D eigenvalue weighted by Gasteiger charge is 2.17. The Morgan fingerprint density at radius 1 is 1.16 bits per heavy atom. The summed E-state index contributed by atoms with van der Waals surface area (Å²) in [5.41, 5.74) is 1.97. The van der Waals surface area contributed by atoms with Gasteiger partial charge in [-0.1, -0.05) is 12.1 Å². The molecule has 4 nitrogen and oxygen atoms in total. The van der Waals surface area contributed by atoms with Gasteiger partial charge in [-0.15, -0.1) is 0 Å². The van der Waals surface area contributed by atoms with Crippen molar-refractivity contribution in [1.82, 2.24) is 9.80 Å². The third-order valence-electron chi connectivity index (χ3n) is 3.48. The topological polar surface area (TPSA) is 50.5 Å². The van der Waals surface area contributed by atoms with Gasteiger partial charge in [-0.25, -0.2) is 0 Å². The van der Waals surface area contributed by atoms with Crippen LogP contribution in [0.5, 0.6) is 0 Å². The lowest BCUT2D eigenvalue weighted by atomic mass is 10.1. The molecule has 1 aliphatic rings. The molecule has 1 aliphatic heterocycles. The number of hydrogen-bond acceptors (Lipinski definition) is 4. The van der Waals surface area contributed by atoms with Crippen molar-refractivity contribution >= 4 is 0 Å². The van der Waals surface area contributed by atoms with E-state index in [-0.39, 0.29) is 6.10 Å². The van der Waals surface area contributed by atoms with E-state index in [1.165, 1.54) is 5.56 Å². The number of hydrogen-bond donors (Lipinski definition) is 1. The molecule has 19 heavy (non-hydrogen) atoms. The Balaban J connectivity index is 1.80. The van der Waals surface area contributed by atoms with Crippen LogP contribution in [0.1, 0.15) is 18.1 Å². The van der Waals surface area contributed by atoms with Gasteiger partial charge < -0.3 is 5.11 Å². The van der Waals surface area contributed by atoms with Crippen LogP contribution in [-0.4, -0.2) is 53.7 Å². The number of β-amino-alcohol motifs (C(OH)–C–C–N with tert-alkyl or cyclic N) is 1. The second-order valence-corrected chi connectivity index (χ2v) is 5.23. The van der Waals surface area contributed by atoms with Crippen LogP contribution in [0, 0.1) is 11.3 Å². The Kier molecular flexibility index (Phi) is 4.92. The molecule has 0 spiro atoms. The van der Waals surface area contributed by atoms with E-state index >= 15 is 0 Å². The van der Waals surface area contributed by atoms with Crippen molar-refractivity contribution in [2.45, 2.75) is 19.6 Å². The molecular weight excluding hydrogens is 238 g/mol. The van der Waals surface area contributed by atoms with Crippen LogP contribution in [0.2, 0.25) is 0 Å². The van der Waals surface area contributed by atoms with Crippen molar-refractivity contribution in [3.63, 3.8) is 0 Å². The Morgan fingerprint density at radius 3 is 2.26 bits per heavy atom. The lowest BCUT2D eigenvalue weighted by Gasteiger charge is -2.35. The Morgan fingerprint density at radius 2 is 1.74 bits per heavy atom. The van der Waals surface area contributed by atoms with Gasteiger partial charge in [0, 0.05) is 39.3 Å². The van der Waals surface area contributed by atoms with Gasteiger partial charge in [-0.3, -0.25) is 9.80 Å². The van der Waals surface area contributed by atoms with E-state index in [4.69, 9.17) is 5.26 Å². The maximum atomic E-state index is 9.37. The second kappa shape index (κ2) is 6.67. The van der Waals surface area contributed by atoms with Crippen molar-refractivity contribution in [3.8, 4) is 6.07 Å². The van der Waals surface area contributed by atoms with Crippen molar-refractivity contribution in [1.29, 1.82) is 5.26 Å². The minimum Gasteiger partial charge on any atom is -0.392 e. The summed E-state index contributed by atoms with van der Waals surface area (Å²) in [6.07, 6.45) is -0.245. The summed E-state index contributed by atoms with van der Waals surface area (Å²) in [5, 5.41) is 18.1. The zero-order valence-electron chi connectivity index (χ0n) is 11.4. The second-order valence-electron chi connectivity index (χ2n) is 5.23. The van der Waals surface area contributed by atoms with Gasteiger partial charge in [0.1, 0.15) is 0 Å². The summed E-state index contributed by atoms with van der Waals surface area (Å²) < 4.78 is 0. The molecule has 0 amide bonds. The number of nitrogens with zero attached hydrogens (tertiary/aromatic N) is 3. The number of benzene rings is 1. The van der Waals surface area contributed by atoms with Crippen LogP contribution in [-0.2, 0) is 6.54 Å². The zero-order chi connectivity index (χ0) is 13.7. The fraction of sp³-hybridized carbons (Fsp3) is 0.533. The molecule has 0 unspecified atom stereocenters. The van der Waals surface area contributed by atoms with Gasteiger partial charge >= 0.3 is 0 Å². The van der Waals surface area contributed by atoms with E-state index in [0.717, 1.165) is 39.3 Å². The molecule has 1 saturated heterocycles. The van der Waals surface area contributed by atoms with E-state index in [9.17, 15) is 5.11 Å². The SMILES string of the molecule is C[C@H](O)CN1CCN(Cc2ccc(C#N)cc2)CC1. The van der Waals surface area contributed by atoms with Crippen molar-refractivity contribution < 1.29 is 5.11 Å². The first kappa shape index (κ1) is 14.0. The molecule has 102 valence electrons. The molecule has 1 heterocycles. The van der Waals surface area contributed by atoms with E-state index < -0.39 is 0 Å². The highest BCUT2D eigenvalue weighted by molar-refractivity contribution is 5.31. The third kappa shape index (κ3) is 4.32. The van der Waals surface area contributed by atoms with Crippen molar-refractivity contribution in [2.24, 2.45) is 0 Å². The Hall–Kier alpha value is -1.41. The van der Waals surface area contributed by atoms with Crippen LogP contribution in [0.3, 0.4) is 0 Å². The highest BCUT2D eigenvalue weighted by atomic mass is 16.3. The lowest BCUT2D eigenvalue weighted by Crippen LogP contribution is -2.47. The number of nitriles is 1. The molecule has 2 rings (SSSR count). The van der Waals surface area contributed by atoms with Gasteiger partial charge in [-0.2, -0.15) is 5.26 Å². The van der Waals surface area contributed by atoms with Crippen LogP contribution in [0.25, 0.3) is 0 Å². The molecule has 1 aromatic carbocycles. The third-order valence-corrected chi connectivity index (χ3v) is 3.48. The average molecular weight is 259 g/mol. The van der Waals surface area contributed by atoms with Gasteiger partial charge in [0.15, 0.2) is 0 Å². The Labute approximate surface area is 114 Å². The fourth-order valence-corrected chi connectivity index (χ4v) is 2.45. The summed E-state index contributed by atoms with van der Waals surface area (Å²) in [4.78, 5) is 4.72. The molecular formula is C15H21N3O. The van der Waals surface area contributed by atoms with Gasteiger partial charge in [0.2, 0.25) is 0 Å². The molecule has 1 atom stereocenters. The van der Waals surface area contributed by atoms with E-state index in [2.05, 4.69) is 15.9 Å². The summed E-state index contributed by atoms with van der Waals surface area (Å²) in [6, 6.07) is 9.94. The smallest absolute Gasteiger partial charge is 0.0991 e. The summed E-state index contributed by atoms with van der Waals surface area (Å²) >= 11 is 0. The molecule has 0 bridgehead atoms. The largest absolute Gasteiger partial charge is 0.392 e. The molecule has 1 fully saturated rings. The zero-order valence-corrected chi connectivity index (χ0v) is 11.4. The number of aliphatic hydroxyl groups excluding tert-OH is 1. The molecule has 0 radical (unpaired) electrons. The first-order valence-corrected chi connectivity index (χ1v) is 6.79. The first-order valence-electron chi connectivity index (χ1n) is 6.79. The van der Waals surface area contributed by atoms with E-state index in [1.54, 1.807) is 0 Å². The fourth-order valence-electron chi connectivity index (χ4n) is 2.45. The average Bonchev–Trinajstić information content (AvgIpc) is 2.41. The molecule has 0 aromatic heterocycles. The minimum absolute atomic E-state index is 0.245. The van der Waals surface area contributed by atoms with Crippen LogP contribution in [0.15, 0.2) is 24.3 Å². The summed E-state index contributed by atoms with van der Waals surface area (Å²) in [5.74, 6) is 0. The molecule has 4 heteroatoms.